The predicted octanol–water partition coefficient (Wildman–Crippen LogP) is 2.81. The molecule has 1 heterocycles. The maximum atomic E-state index is 11.0. The Balaban J connectivity index is 2.10. The molecule has 1 fully saturated rings. The fraction of sp³-hybridized carbons (Fsp3) is 0.692. The standard InChI is InChI=1S/C13H21N5O2/c1-3-6-14-13-15-8-11(18(19)20)12(17-13)16-9(2)7-10-4-5-10/h8-10H,3-7H2,1-2H3,(H2,14,15,16,17). The summed E-state index contributed by atoms with van der Waals surface area (Å²) in [5, 5.41) is 17.2. The largest absolute Gasteiger partial charge is 0.362 e. The first-order chi connectivity index (χ1) is 9.60. The number of nitro groups is 1. The van der Waals surface area contributed by atoms with Gasteiger partial charge in [-0.3, -0.25) is 10.1 Å². The van der Waals surface area contributed by atoms with Crippen LogP contribution in [0, 0.1) is 16.0 Å². The molecule has 0 bridgehead atoms. The van der Waals surface area contributed by atoms with E-state index in [-0.39, 0.29) is 11.7 Å². The Morgan fingerprint density at radius 2 is 2.30 bits per heavy atom. The summed E-state index contributed by atoms with van der Waals surface area (Å²) in [6.07, 6.45) is 5.76. The number of hydrogen-bond acceptors (Lipinski definition) is 6. The van der Waals surface area contributed by atoms with Crippen LogP contribution in [0.1, 0.15) is 39.5 Å². The van der Waals surface area contributed by atoms with Crippen LogP contribution >= 0.6 is 0 Å². The van der Waals surface area contributed by atoms with Crippen molar-refractivity contribution < 1.29 is 4.92 Å². The average molecular weight is 279 g/mol. The minimum absolute atomic E-state index is 0.0744. The van der Waals surface area contributed by atoms with Crippen LogP contribution in [0.4, 0.5) is 17.5 Å². The van der Waals surface area contributed by atoms with E-state index in [1.807, 2.05) is 13.8 Å². The van der Waals surface area contributed by atoms with Crippen molar-refractivity contribution in [2.75, 3.05) is 17.2 Å². The first kappa shape index (κ1) is 14.5. The van der Waals surface area contributed by atoms with E-state index in [9.17, 15) is 10.1 Å². The van der Waals surface area contributed by atoms with Crippen LogP contribution in [-0.4, -0.2) is 27.5 Å². The van der Waals surface area contributed by atoms with Gasteiger partial charge in [0.05, 0.1) is 4.92 Å². The summed E-state index contributed by atoms with van der Waals surface area (Å²) in [4.78, 5) is 18.8. The Bertz CT molecular complexity index is 476. The van der Waals surface area contributed by atoms with Gasteiger partial charge in [0.15, 0.2) is 0 Å². The predicted molar refractivity (Wildman–Crippen MR) is 77.9 cm³/mol. The quantitative estimate of drug-likeness (QED) is 0.561. The van der Waals surface area contributed by atoms with Gasteiger partial charge in [0, 0.05) is 12.6 Å². The Hall–Kier alpha value is -1.92. The smallest absolute Gasteiger partial charge is 0.329 e. The first-order valence-electron chi connectivity index (χ1n) is 7.12. The van der Waals surface area contributed by atoms with Gasteiger partial charge in [-0.15, -0.1) is 0 Å². The van der Waals surface area contributed by atoms with Gasteiger partial charge in [-0.25, -0.2) is 4.98 Å². The number of aromatic nitrogens is 2. The number of rotatable bonds is 8. The normalized spacial score (nSPS) is 15.7. The highest BCUT2D eigenvalue weighted by molar-refractivity contribution is 5.57. The summed E-state index contributed by atoms with van der Waals surface area (Å²) in [5.74, 6) is 1.49. The summed E-state index contributed by atoms with van der Waals surface area (Å²) >= 11 is 0. The van der Waals surface area contributed by atoms with Crippen LogP contribution in [0.3, 0.4) is 0 Å². The van der Waals surface area contributed by atoms with Gasteiger partial charge in [0.2, 0.25) is 11.8 Å². The van der Waals surface area contributed by atoms with Crippen LogP contribution in [0.15, 0.2) is 6.20 Å². The second kappa shape index (κ2) is 6.49. The summed E-state index contributed by atoms with van der Waals surface area (Å²) in [7, 11) is 0. The SMILES string of the molecule is CCCNc1ncc([N+](=O)[O-])c(NC(C)CC2CC2)n1. The third kappa shape index (κ3) is 4.04. The van der Waals surface area contributed by atoms with E-state index in [0.29, 0.717) is 11.8 Å². The van der Waals surface area contributed by atoms with Crippen LogP contribution in [-0.2, 0) is 0 Å². The van der Waals surface area contributed by atoms with E-state index in [1.54, 1.807) is 0 Å². The molecule has 7 heteroatoms. The van der Waals surface area contributed by atoms with Crippen molar-refractivity contribution in [2.24, 2.45) is 5.92 Å². The molecule has 1 aliphatic rings. The third-order valence-corrected chi connectivity index (χ3v) is 3.27. The fourth-order valence-electron chi connectivity index (χ4n) is 2.08. The van der Waals surface area contributed by atoms with E-state index in [0.717, 1.165) is 25.3 Å². The molecular formula is C13H21N5O2. The molecule has 0 radical (unpaired) electrons. The zero-order chi connectivity index (χ0) is 14.5. The van der Waals surface area contributed by atoms with E-state index >= 15 is 0 Å². The van der Waals surface area contributed by atoms with E-state index in [2.05, 4.69) is 20.6 Å². The fourth-order valence-corrected chi connectivity index (χ4v) is 2.08. The van der Waals surface area contributed by atoms with Gasteiger partial charge in [0.1, 0.15) is 6.20 Å². The highest BCUT2D eigenvalue weighted by atomic mass is 16.6. The van der Waals surface area contributed by atoms with Gasteiger partial charge < -0.3 is 10.6 Å². The molecular weight excluding hydrogens is 258 g/mol. The van der Waals surface area contributed by atoms with Crippen molar-refractivity contribution in [3.8, 4) is 0 Å². The van der Waals surface area contributed by atoms with Crippen LogP contribution < -0.4 is 10.6 Å². The zero-order valence-electron chi connectivity index (χ0n) is 11.9. The molecule has 0 saturated heterocycles. The molecule has 110 valence electrons. The molecule has 0 spiro atoms. The third-order valence-electron chi connectivity index (χ3n) is 3.27. The van der Waals surface area contributed by atoms with Crippen molar-refractivity contribution >= 4 is 17.5 Å². The Morgan fingerprint density at radius 3 is 2.90 bits per heavy atom. The number of hydrogen-bond donors (Lipinski definition) is 2. The number of nitrogens with zero attached hydrogens (tertiary/aromatic N) is 3. The van der Waals surface area contributed by atoms with E-state index in [1.165, 1.54) is 19.0 Å². The molecule has 1 unspecified atom stereocenters. The summed E-state index contributed by atoms with van der Waals surface area (Å²) in [5.41, 5.74) is -0.0744. The van der Waals surface area contributed by atoms with Gasteiger partial charge in [-0.05, 0) is 25.7 Å². The van der Waals surface area contributed by atoms with Gasteiger partial charge in [-0.1, -0.05) is 19.8 Å². The summed E-state index contributed by atoms with van der Waals surface area (Å²) < 4.78 is 0. The number of nitrogens with one attached hydrogen (secondary N) is 2. The monoisotopic (exact) mass is 279 g/mol. The lowest BCUT2D eigenvalue weighted by Gasteiger charge is -2.14. The minimum atomic E-state index is -0.449. The molecule has 1 atom stereocenters. The maximum absolute atomic E-state index is 11.0. The number of anilines is 2. The molecule has 1 aromatic heterocycles. The highest BCUT2D eigenvalue weighted by Gasteiger charge is 2.25. The molecule has 1 saturated carbocycles. The highest BCUT2D eigenvalue weighted by Crippen LogP contribution is 2.34. The summed E-state index contributed by atoms with van der Waals surface area (Å²) in [6.45, 7) is 4.81. The van der Waals surface area contributed by atoms with Crippen LogP contribution in [0.5, 0.6) is 0 Å². The lowest BCUT2D eigenvalue weighted by molar-refractivity contribution is -0.384. The molecule has 0 aliphatic heterocycles. The first-order valence-corrected chi connectivity index (χ1v) is 7.12. The zero-order valence-corrected chi connectivity index (χ0v) is 11.9. The van der Waals surface area contributed by atoms with Crippen molar-refractivity contribution in [1.82, 2.24) is 9.97 Å². The Kier molecular flexibility index (Phi) is 4.70. The second-order valence-corrected chi connectivity index (χ2v) is 5.34. The molecule has 1 aromatic rings. The minimum Gasteiger partial charge on any atom is -0.362 e. The molecule has 2 N–H and O–H groups in total. The van der Waals surface area contributed by atoms with Crippen LogP contribution in [0.25, 0.3) is 0 Å². The topological polar surface area (TPSA) is 93.0 Å². The second-order valence-electron chi connectivity index (χ2n) is 5.34. The lowest BCUT2D eigenvalue weighted by Crippen LogP contribution is -2.18. The van der Waals surface area contributed by atoms with Gasteiger partial charge >= 0.3 is 5.69 Å². The Labute approximate surface area is 118 Å². The molecule has 1 aliphatic carbocycles. The molecule has 0 aromatic carbocycles. The summed E-state index contributed by atoms with van der Waals surface area (Å²) in [6, 6.07) is 0.176. The molecule has 2 rings (SSSR count). The molecule has 0 amide bonds. The van der Waals surface area contributed by atoms with Crippen molar-refractivity contribution in [3.05, 3.63) is 16.3 Å². The average Bonchev–Trinajstić information content (AvgIpc) is 3.19. The van der Waals surface area contributed by atoms with Crippen molar-refractivity contribution in [2.45, 2.75) is 45.6 Å². The molecule has 20 heavy (non-hydrogen) atoms. The van der Waals surface area contributed by atoms with E-state index in [4.69, 9.17) is 0 Å². The van der Waals surface area contributed by atoms with Crippen molar-refractivity contribution in [1.29, 1.82) is 0 Å². The van der Waals surface area contributed by atoms with Crippen LogP contribution in [0.2, 0.25) is 0 Å². The van der Waals surface area contributed by atoms with E-state index < -0.39 is 4.92 Å². The van der Waals surface area contributed by atoms with Gasteiger partial charge in [-0.2, -0.15) is 4.98 Å². The van der Waals surface area contributed by atoms with Gasteiger partial charge in [0.25, 0.3) is 0 Å². The van der Waals surface area contributed by atoms with Crippen molar-refractivity contribution in [3.63, 3.8) is 0 Å². The maximum Gasteiger partial charge on any atom is 0.329 e. The lowest BCUT2D eigenvalue weighted by atomic mass is 10.1. The molecule has 7 nitrogen and oxygen atoms in total. The Morgan fingerprint density at radius 1 is 1.55 bits per heavy atom.